The van der Waals surface area contributed by atoms with Crippen molar-refractivity contribution < 1.29 is 72.4 Å². The van der Waals surface area contributed by atoms with E-state index in [1.807, 2.05) is 0 Å². The van der Waals surface area contributed by atoms with E-state index in [1.54, 1.807) is 26.8 Å². The van der Waals surface area contributed by atoms with Crippen molar-refractivity contribution >= 4 is 23.9 Å². The van der Waals surface area contributed by atoms with Crippen molar-refractivity contribution in [3.05, 3.63) is 24.2 Å². The Kier molecular flexibility index (Phi) is 6.36. The lowest BCUT2D eigenvalue weighted by Gasteiger charge is -2.77. The number of carbonyl (C=O) groups excluding carboxylic acids is 4. The van der Waals surface area contributed by atoms with Gasteiger partial charge >= 0.3 is 23.9 Å². The number of fused-ring (bicyclic) bond motifs is 4. The fourth-order valence-electron chi connectivity index (χ4n) is 12.5. The van der Waals surface area contributed by atoms with E-state index in [-0.39, 0.29) is 25.7 Å². The summed E-state index contributed by atoms with van der Waals surface area (Å²) in [5.74, 6) is -6.78. The number of rotatable bonds is 6. The van der Waals surface area contributed by atoms with Gasteiger partial charge in [-0.3, -0.25) is 19.2 Å². The third kappa shape index (κ3) is 3.20. The summed E-state index contributed by atoms with van der Waals surface area (Å²) in [5, 5.41) is 52.4. The van der Waals surface area contributed by atoms with Gasteiger partial charge in [-0.2, -0.15) is 0 Å². The maximum Gasteiger partial charge on any atom is 0.306 e. The van der Waals surface area contributed by atoms with Crippen LogP contribution < -0.4 is 0 Å². The molecule has 4 aliphatic carbocycles. The molecule has 15 heteroatoms. The predicted molar refractivity (Wildman–Crippen MR) is 157 cm³/mol. The first-order valence-electron chi connectivity index (χ1n) is 16.7. The van der Waals surface area contributed by atoms with Gasteiger partial charge in [0, 0.05) is 50.5 Å². The summed E-state index contributed by atoms with van der Waals surface area (Å²) in [6.07, 6.45) is -5.95. The lowest BCUT2D eigenvalue weighted by Crippen LogP contribution is -2.97. The van der Waals surface area contributed by atoms with Gasteiger partial charge in [0.25, 0.3) is 0 Å². The number of hydrogen-bond donors (Lipinski definition) is 4. The van der Waals surface area contributed by atoms with Crippen molar-refractivity contribution in [3.8, 4) is 0 Å². The maximum atomic E-state index is 14.1. The Morgan fingerprint density at radius 1 is 1.02 bits per heavy atom. The molecule has 1 aromatic rings. The van der Waals surface area contributed by atoms with E-state index in [4.69, 9.17) is 32.8 Å². The Hall–Kier alpha value is -3.08. The molecule has 49 heavy (non-hydrogen) atoms. The summed E-state index contributed by atoms with van der Waals surface area (Å²) in [7, 11) is 0. The van der Waals surface area contributed by atoms with Gasteiger partial charge in [0.2, 0.25) is 0 Å². The summed E-state index contributed by atoms with van der Waals surface area (Å²) in [6.45, 7) is 7.82. The standard InChI is InChI=1S/C34H42O15/c1-7-29-11-20-28(6,22(45-15(2)35)18-8-9-43-12-18)23(46-16(3)36)24(47-17(4)37)34(42)30-14-44-21(38)10-19(30)27(5)13-31(30,40)32(41,25(27)39)26(48-29)33(20,34)49-29/h8-9,12,19-20,22-26,39-42H,7,10-11,13-14H2,1-6H3/t19-,20+,22-,23-,24+,25-,26+,27+,28+,29?,30+,31+,32-,33+,34-/m0/s1. The van der Waals surface area contributed by atoms with E-state index in [0.29, 0.717) is 5.56 Å². The van der Waals surface area contributed by atoms with Crippen LogP contribution in [0.15, 0.2) is 23.0 Å². The van der Waals surface area contributed by atoms with E-state index < -0.39 is 117 Å². The summed E-state index contributed by atoms with van der Waals surface area (Å²) >= 11 is 0. The van der Waals surface area contributed by atoms with Gasteiger partial charge < -0.3 is 53.3 Å². The molecule has 4 heterocycles. The van der Waals surface area contributed by atoms with E-state index in [1.165, 1.54) is 19.5 Å². The van der Waals surface area contributed by atoms with Crippen LogP contribution in [0.3, 0.4) is 0 Å². The van der Waals surface area contributed by atoms with Gasteiger partial charge in [-0.15, -0.1) is 0 Å². The number of ether oxygens (including phenoxy) is 6. The van der Waals surface area contributed by atoms with Crippen LogP contribution in [0.5, 0.6) is 0 Å². The molecule has 15 nitrogen and oxygen atoms in total. The van der Waals surface area contributed by atoms with Crippen LogP contribution in [0.4, 0.5) is 0 Å². The minimum atomic E-state index is -2.63. The van der Waals surface area contributed by atoms with Crippen molar-refractivity contribution in [3.63, 3.8) is 0 Å². The van der Waals surface area contributed by atoms with Crippen LogP contribution in [-0.2, 0) is 47.6 Å². The van der Waals surface area contributed by atoms with Gasteiger partial charge in [0.05, 0.1) is 29.5 Å². The van der Waals surface area contributed by atoms with E-state index in [9.17, 15) is 39.6 Å². The summed E-state index contributed by atoms with van der Waals surface area (Å²) < 4.78 is 42.9. The smallest absolute Gasteiger partial charge is 0.306 e. The van der Waals surface area contributed by atoms with Crippen molar-refractivity contribution in [1.29, 1.82) is 0 Å². The monoisotopic (exact) mass is 690 g/mol. The molecule has 1 unspecified atom stereocenters. The number of cyclic esters (lactones) is 1. The summed E-state index contributed by atoms with van der Waals surface area (Å²) in [4.78, 5) is 52.2. The molecule has 15 atom stereocenters. The number of furan rings is 1. The van der Waals surface area contributed by atoms with E-state index >= 15 is 0 Å². The Balaban J connectivity index is 1.51. The molecule has 3 aliphatic heterocycles. The first kappa shape index (κ1) is 33.1. The largest absolute Gasteiger partial charge is 0.472 e. The fraction of sp³-hybridized carbons (Fsp3) is 0.765. The highest BCUT2D eigenvalue weighted by atomic mass is 16.8. The second-order valence-electron chi connectivity index (χ2n) is 15.8. The molecule has 4 N–H and O–H groups in total. The molecule has 3 saturated heterocycles. The Bertz CT molecular complexity index is 1660. The molecule has 1 aromatic heterocycles. The normalized spacial score (nSPS) is 53.3. The van der Waals surface area contributed by atoms with Crippen LogP contribution in [0.2, 0.25) is 0 Å². The van der Waals surface area contributed by atoms with Crippen LogP contribution >= 0.6 is 0 Å². The molecule has 268 valence electrons. The minimum absolute atomic E-state index is 0.0125. The zero-order chi connectivity index (χ0) is 35.5. The van der Waals surface area contributed by atoms with Crippen LogP contribution in [0, 0.1) is 28.1 Å². The molecule has 4 bridgehead atoms. The van der Waals surface area contributed by atoms with Gasteiger partial charge in [-0.1, -0.05) is 20.8 Å². The predicted octanol–water partition coefficient (Wildman–Crippen LogP) is 0.588. The van der Waals surface area contributed by atoms with E-state index in [2.05, 4.69) is 0 Å². The molecule has 8 rings (SSSR count). The molecular formula is C34H42O15. The second-order valence-corrected chi connectivity index (χ2v) is 15.8. The van der Waals surface area contributed by atoms with Crippen LogP contribution in [0.25, 0.3) is 0 Å². The molecule has 2 spiro atoms. The van der Waals surface area contributed by atoms with Crippen LogP contribution in [-0.4, -0.2) is 104 Å². The molecule has 7 aliphatic rings. The highest BCUT2D eigenvalue weighted by Crippen LogP contribution is 2.87. The minimum Gasteiger partial charge on any atom is -0.472 e. The molecule has 0 radical (unpaired) electrons. The SMILES string of the molecule is CCC12C[C@@H]3[C@](C)([C@@H](OC(C)=O)c4ccoc4)[C@@H](OC(C)=O)[C@@H](OC(C)=O)[C@@]4(O)[C@]3(O1)[C@H](O2)[C@@]1(O)[C@@H](O)[C@]2(C)C[C@@]1(O)[C@]41COC(=O)C[C@@H]21. The number of aliphatic hydroxyl groups is 4. The molecule has 0 amide bonds. The molecule has 4 saturated carbocycles. The zero-order valence-corrected chi connectivity index (χ0v) is 28.1. The highest BCUT2D eigenvalue weighted by Gasteiger charge is 3.03. The zero-order valence-electron chi connectivity index (χ0n) is 28.1. The lowest BCUT2D eigenvalue weighted by atomic mass is 9.32. The topological polar surface area (TPSA) is 218 Å². The number of hydrogen-bond acceptors (Lipinski definition) is 15. The van der Waals surface area contributed by atoms with Crippen molar-refractivity contribution in [2.75, 3.05) is 6.61 Å². The Morgan fingerprint density at radius 2 is 1.69 bits per heavy atom. The second kappa shape index (κ2) is 9.42. The van der Waals surface area contributed by atoms with Crippen molar-refractivity contribution in [1.82, 2.24) is 0 Å². The van der Waals surface area contributed by atoms with Gasteiger partial charge in [-0.25, -0.2) is 0 Å². The van der Waals surface area contributed by atoms with Gasteiger partial charge in [0.1, 0.15) is 41.2 Å². The van der Waals surface area contributed by atoms with Crippen molar-refractivity contribution in [2.45, 2.75) is 126 Å². The molecular weight excluding hydrogens is 648 g/mol. The fourth-order valence-corrected chi connectivity index (χ4v) is 12.5. The number of carbonyl (C=O) groups is 4. The average molecular weight is 691 g/mol. The van der Waals surface area contributed by atoms with Gasteiger partial charge in [-0.05, 0) is 24.8 Å². The number of aliphatic hydroxyl groups excluding tert-OH is 1. The quantitative estimate of drug-likeness (QED) is 0.237. The van der Waals surface area contributed by atoms with Gasteiger partial charge in [0.15, 0.2) is 18.0 Å². The van der Waals surface area contributed by atoms with Crippen molar-refractivity contribution in [2.24, 2.45) is 28.1 Å². The van der Waals surface area contributed by atoms with E-state index in [0.717, 1.165) is 13.8 Å². The molecule has 7 fully saturated rings. The third-order valence-corrected chi connectivity index (χ3v) is 14.0. The lowest BCUT2D eigenvalue weighted by molar-refractivity contribution is -0.450. The number of esters is 4. The Morgan fingerprint density at radius 3 is 2.29 bits per heavy atom. The molecule has 0 aromatic carbocycles. The Labute approximate surface area is 281 Å². The summed E-state index contributed by atoms with van der Waals surface area (Å²) in [6, 6.07) is 1.56. The average Bonchev–Trinajstić information content (AvgIpc) is 3.82. The highest BCUT2D eigenvalue weighted by molar-refractivity contribution is 5.73. The first-order valence-corrected chi connectivity index (χ1v) is 16.7. The summed E-state index contributed by atoms with van der Waals surface area (Å²) in [5.41, 5.74) is -14.5. The third-order valence-electron chi connectivity index (χ3n) is 14.0. The van der Waals surface area contributed by atoms with Crippen LogP contribution in [0.1, 0.15) is 78.9 Å². The maximum absolute atomic E-state index is 14.1. The first-order chi connectivity index (χ1) is 22.8.